The highest BCUT2D eigenvalue weighted by Crippen LogP contribution is 2.43. The van der Waals surface area contributed by atoms with Crippen molar-refractivity contribution in [3.63, 3.8) is 0 Å². The van der Waals surface area contributed by atoms with Crippen molar-refractivity contribution in [3.05, 3.63) is 53.8 Å². The second-order valence-corrected chi connectivity index (χ2v) is 8.16. The molecular formula is C21H23FN2O3S. The molecule has 2 aliphatic heterocycles. The first-order valence-corrected chi connectivity index (χ1v) is 9.99. The van der Waals surface area contributed by atoms with Gasteiger partial charge in [-0.25, -0.2) is 9.18 Å². The number of piperidine rings is 1. The lowest BCUT2D eigenvalue weighted by Crippen LogP contribution is -2.43. The predicted molar refractivity (Wildman–Crippen MR) is 110 cm³/mol. The number of phenolic OH excluding ortho intramolecular Hbond substituents is 1. The van der Waals surface area contributed by atoms with Gasteiger partial charge in [-0.3, -0.25) is 5.32 Å². The molecule has 2 aliphatic rings. The van der Waals surface area contributed by atoms with E-state index in [2.05, 4.69) is 22.8 Å². The Morgan fingerprint density at radius 1 is 1.21 bits per heavy atom. The Morgan fingerprint density at radius 3 is 2.57 bits per heavy atom. The van der Waals surface area contributed by atoms with Crippen molar-refractivity contribution in [1.82, 2.24) is 0 Å². The summed E-state index contributed by atoms with van der Waals surface area (Å²) in [6.45, 7) is 0.0933. The largest absolute Gasteiger partial charge is 0.506 e. The third kappa shape index (κ3) is 3.90. The Hall–Kier alpha value is -2.41. The Bertz CT molecular complexity index is 850. The molecule has 0 saturated carbocycles. The summed E-state index contributed by atoms with van der Waals surface area (Å²) in [5.74, 6) is -0.647. The van der Waals surface area contributed by atoms with E-state index in [1.807, 2.05) is 30.3 Å². The third-order valence-corrected chi connectivity index (χ3v) is 5.92. The molecule has 2 N–H and O–H groups in total. The van der Waals surface area contributed by atoms with E-state index in [4.69, 9.17) is 4.74 Å². The molecule has 5 nitrogen and oxygen atoms in total. The van der Waals surface area contributed by atoms with Crippen LogP contribution in [0.25, 0.3) is 0 Å². The lowest BCUT2D eigenvalue weighted by molar-refractivity contribution is 0.155. The number of nitrogens with one attached hydrogen (secondary N) is 1. The molecule has 2 fully saturated rings. The smallest absolute Gasteiger partial charge is 0.412 e. The summed E-state index contributed by atoms with van der Waals surface area (Å²) in [6, 6.07) is 12.3. The normalized spacial score (nSPS) is 23.5. The van der Waals surface area contributed by atoms with Gasteiger partial charge in [-0.05, 0) is 31.2 Å². The summed E-state index contributed by atoms with van der Waals surface area (Å²) in [5.41, 5.74) is 1.22. The zero-order valence-corrected chi connectivity index (χ0v) is 16.2. The first kappa shape index (κ1) is 18.9. The number of benzene rings is 2. The highest BCUT2D eigenvalue weighted by Gasteiger charge is 2.41. The molecule has 4 rings (SSSR count). The highest BCUT2D eigenvalue weighted by atomic mass is 32.1. The van der Waals surface area contributed by atoms with E-state index in [1.165, 1.54) is 6.07 Å². The van der Waals surface area contributed by atoms with E-state index in [1.54, 1.807) is 0 Å². The predicted octanol–water partition coefficient (Wildman–Crippen LogP) is 4.71. The number of nitrogens with zero attached hydrogens (tertiary/aromatic N) is 1. The van der Waals surface area contributed by atoms with Crippen molar-refractivity contribution < 1.29 is 19.0 Å². The van der Waals surface area contributed by atoms with Crippen LogP contribution in [0.2, 0.25) is 0 Å². The molecule has 2 saturated heterocycles. The van der Waals surface area contributed by atoms with Crippen LogP contribution in [-0.4, -0.2) is 28.5 Å². The number of ether oxygens (including phenoxy) is 1. The number of hydrogen-bond acceptors (Lipinski definition) is 5. The first-order valence-electron chi connectivity index (χ1n) is 9.48. The van der Waals surface area contributed by atoms with Gasteiger partial charge in [0, 0.05) is 29.5 Å². The van der Waals surface area contributed by atoms with Crippen molar-refractivity contribution >= 4 is 30.1 Å². The van der Waals surface area contributed by atoms with Gasteiger partial charge in [-0.2, -0.15) is 12.6 Å². The monoisotopic (exact) mass is 402 g/mol. The fraction of sp³-hybridized carbons (Fsp3) is 0.381. The number of carbonyl (C=O) groups is 1. The van der Waals surface area contributed by atoms with Crippen molar-refractivity contribution in [2.24, 2.45) is 0 Å². The maximum atomic E-state index is 14.8. The van der Waals surface area contributed by atoms with E-state index in [0.29, 0.717) is 10.9 Å². The van der Waals surface area contributed by atoms with E-state index in [-0.39, 0.29) is 30.1 Å². The molecule has 7 heteroatoms. The zero-order chi connectivity index (χ0) is 19.7. The van der Waals surface area contributed by atoms with Crippen molar-refractivity contribution in [3.8, 4) is 5.75 Å². The summed E-state index contributed by atoms with van der Waals surface area (Å²) >= 11 is 4.59. The van der Waals surface area contributed by atoms with Crippen LogP contribution >= 0.6 is 12.6 Å². The van der Waals surface area contributed by atoms with Gasteiger partial charge in [-0.15, -0.1) is 0 Å². The fourth-order valence-electron chi connectivity index (χ4n) is 4.26. The van der Waals surface area contributed by atoms with E-state index < -0.39 is 11.9 Å². The fourth-order valence-corrected chi connectivity index (χ4v) is 4.75. The molecular weight excluding hydrogens is 379 g/mol. The standard InChI is InChI=1S/C21H23FN2O3S/c22-17-10-18(23-21(26)27-12-13-4-2-1-3-5-13)20(25)11-19(17)24-14-6-7-15(24)9-16(28)8-14/h1-5,10-11,14-16,25,28H,6-9,12H2,(H,23,26)/t14-,15+,16?. The van der Waals surface area contributed by atoms with Crippen LogP contribution in [0.3, 0.4) is 0 Å². The number of carbonyl (C=O) groups excluding carboxylic acids is 1. The number of hydrogen-bond donors (Lipinski definition) is 3. The van der Waals surface area contributed by atoms with E-state index in [0.717, 1.165) is 37.3 Å². The Balaban J connectivity index is 1.45. The first-order chi connectivity index (χ1) is 13.5. The van der Waals surface area contributed by atoms with Gasteiger partial charge in [0.1, 0.15) is 18.2 Å². The number of anilines is 2. The summed E-state index contributed by atoms with van der Waals surface area (Å²) in [7, 11) is 0. The van der Waals surface area contributed by atoms with Gasteiger partial charge < -0.3 is 14.7 Å². The van der Waals surface area contributed by atoms with Gasteiger partial charge in [0.2, 0.25) is 0 Å². The quantitative estimate of drug-likeness (QED) is 0.512. The Kier molecular flexibility index (Phi) is 5.35. The molecule has 0 aromatic heterocycles. The summed E-state index contributed by atoms with van der Waals surface area (Å²) in [4.78, 5) is 14.1. The van der Waals surface area contributed by atoms with Crippen LogP contribution in [0.4, 0.5) is 20.6 Å². The SMILES string of the molecule is O=C(Nc1cc(F)c(N2[C@@H]3CC[C@H]2CC(S)C3)cc1O)OCc1ccccc1. The highest BCUT2D eigenvalue weighted by molar-refractivity contribution is 7.80. The van der Waals surface area contributed by atoms with Gasteiger partial charge in [0.25, 0.3) is 0 Å². The van der Waals surface area contributed by atoms with Gasteiger partial charge >= 0.3 is 6.09 Å². The second kappa shape index (κ2) is 7.91. The van der Waals surface area contributed by atoms with Gasteiger partial charge in [0.05, 0.1) is 11.4 Å². The number of rotatable bonds is 4. The van der Waals surface area contributed by atoms with Crippen molar-refractivity contribution in [2.45, 2.75) is 49.6 Å². The minimum Gasteiger partial charge on any atom is -0.506 e. The third-order valence-electron chi connectivity index (χ3n) is 5.50. The molecule has 2 aromatic carbocycles. The minimum absolute atomic E-state index is 0.00394. The maximum Gasteiger partial charge on any atom is 0.412 e. The average Bonchev–Trinajstić information content (AvgIpc) is 2.94. The lowest BCUT2D eigenvalue weighted by atomic mass is 10.0. The van der Waals surface area contributed by atoms with Crippen LogP contribution in [0.5, 0.6) is 5.75 Å². The van der Waals surface area contributed by atoms with Crippen LogP contribution in [0, 0.1) is 5.82 Å². The van der Waals surface area contributed by atoms with Crippen LogP contribution < -0.4 is 10.2 Å². The summed E-state index contributed by atoms with van der Waals surface area (Å²) in [5, 5.41) is 13.1. The number of amides is 1. The van der Waals surface area contributed by atoms with Crippen LogP contribution in [0.1, 0.15) is 31.2 Å². The van der Waals surface area contributed by atoms with Gasteiger partial charge in [0.15, 0.2) is 0 Å². The number of aromatic hydroxyl groups is 1. The van der Waals surface area contributed by atoms with E-state index >= 15 is 0 Å². The molecule has 2 heterocycles. The molecule has 3 atom stereocenters. The van der Waals surface area contributed by atoms with Gasteiger partial charge in [-0.1, -0.05) is 30.3 Å². The molecule has 0 radical (unpaired) electrons. The van der Waals surface area contributed by atoms with Crippen LogP contribution in [-0.2, 0) is 11.3 Å². The molecule has 0 spiro atoms. The zero-order valence-electron chi connectivity index (χ0n) is 15.3. The summed E-state index contributed by atoms with van der Waals surface area (Å²) < 4.78 is 20.0. The lowest BCUT2D eigenvalue weighted by Gasteiger charge is -2.39. The van der Waals surface area contributed by atoms with Crippen molar-refractivity contribution in [2.75, 3.05) is 10.2 Å². The maximum absolute atomic E-state index is 14.8. The minimum atomic E-state index is -0.748. The number of halogens is 1. The molecule has 148 valence electrons. The average molecular weight is 402 g/mol. The van der Waals surface area contributed by atoms with Crippen molar-refractivity contribution in [1.29, 1.82) is 0 Å². The molecule has 28 heavy (non-hydrogen) atoms. The topological polar surface area (TPSA) is 61.8 Å². The van der Waals surface area contributed by atoms with Crippen LogP contribution in [0.15, 0.2) is 42.5 Å². The molecule has 1 unspecified atom stereocenters. The molecule has 1 amide bonds. The summed E-state index contributed by atoms with van der Waals surface area (Å²) in [6.07, 6.45) is 3.08. The second-order valence-electron chi connectivity index (χ2n) is 7.42. The van der Waals surface area contributed by atoms with E-state index in [9.17, 15) is 14.3 Å². The molecule has 0 aliphatic carbocycles. The molecule has 2 aromatic rings. The molecule has 2 bridgehead atoms. The number of fused-ring (bicyclic) bond motifs is 2. The Labute approximate surface area is 168 Å². The number of phenols is 1. The Morgan fingerprint density at radius 2 is 1.89 bits per heavy atom. The number of thiol groups is 1.